The molecule has 0 bridgehead atoms. The van der Waals surface area contributed by atoms with Crippen molar-refractivity contribution in [3.8, 4) is 0 Å². The minimum absolute atomic E-state index is 0.0559. The molecule has 1 N–H and O–H groups in total. The van der Waals surface area contributed by atoms with E-state index in [1.807, 2.05) is 16.8 Å². The van der Waals surface area contributed by atoms with Gasteiger partial charge in [0.25, 0.3) is 5.69 Å². The summed E-state index contributed by atoms with van der Waals surface area (Å²) >= 11 is 7.38. The number of hydrogen-bond donors (Lipinski definition) is 1. The normalized spacial score (nSPS) is 10.5. The Morgan fingerprint density at radius 3 is 2.83 bits per heavy atom. The quantitative estimate of drug-likeness (QED) is 0.673. The number of hydrogen-bond acceptors (Lipinski definition) is 4. The molecule has 0 unspecified atom stereocenters. The van der Waals surface area contributed by atoms with Gasteiger partial charge >= 0.3 is 0 Å². The van der Waals surface area contributed by atoms with E-state index in [0.717, 1.165) is 0 Å². The monoisotopic (exact) mass is 282 g/mol. The van der Waals surface area contributed by atoms with Crippen LogP contribution in [0.15, 0.2) is 35.0 Å². The summed E-state index contributed by atoms with van der Waals surface area (Å²) in [5, 5.41) is 18.5. The van der Waals surface area contributed by atoms with Gasteiger partial charge in [-0.2, -0.15) is 11.3 Å². The van der Waals surface area contributed by atoms with Gasteiger partial charge in [0.05, 0.1) is 4.92 Å². The van der Waals surface area contributed by atoms with Crippen LogP contribution >= 0.6 is 22.9 Å². The zero-order valence-corrected chi connectivity index (χ0v) is 11.0. The summed E-state index contributed by atoms with van der Waals surface area (Å²) in [4.78, 5) is 10.5. The smallest absolute Gasteiger partial charge is 0.275 e. The molecule has 0 fully saturated rings. The van der Waals surface area contributed by atoms with E-state index in [9.17, 15) is 10.1 Å². The van der Waals surface area contributed by atoms with Crippen LogP contribution in [-0.4, -0.2) is 4.92 Å². The Morgan fingerprint density at radius 1 is 1.33 bits per heavy atom. The molecule has 1 heterocycles. The fraction of sp³-hybridized carbons (Fsp3) is 0.167. The van der Waals surface area contributed by atoms with Crippen LogP contribution in [0, 0.1) is 10.1 Å². The lowest BCUT2D eigenvalue weighted by atomic mass is 10.2. The van der Waals surface area contributed by atoms with Crippen molar-refractivity contribution in [3.05, 3.63) is 61.3 Å². The molecule has 0 amide bonds. The standard InChI is InChI=1S/C12H11ClN2O2S/c13-11-2-1-10(12(5-11)15(16)17)7-14-6-9-3-4-18-8-9/h1-5,8,14H,6-7H2. The Balaban J connectivity index is 2.02. The van der Waals surface area contributed by atoms with E-state index >= 15 is 0 Å². The maximum absolute atomic E-state index is 10.9. The first kappa shape index (κ1) is 13.0. The van der Waals surface area contributed by atoms with Crippen LogP contribution < -0.4 is 5.32 Å². The lowest BCUT2D eigenvalue weighted by molar-refractivity contribution is -0.385. The van der Waals surface area contributed by atoms with Crippen molar-refractivity contribution in [2.24, 2.45) is 0 Å². The van der Waals surface area contributed by atoms with Crippen molar-refractivity contribution >= 4 is 28.6 Å². The van der Waals surface area contributed by atoms with Crippen LogP contribution in [0.3, 0.4) is 0 Å². The first-order chi connectivity index (χ1) is 8.66. The zero-order chi connectivity index (χ0) is 13.0. The summed E-state index contributed by atoms with van der Waals surface area (Å²) in [5.74, 6) is 0. The van der Waals surface area contributed by atoms with E-state index < -0.39 is 4.92 Å². The van der Waals surface area contributed by atoms with Crippen molar-refractivity contribution in [2.75, 3.05) is 0 Å². The van der Waals surface area contributed by atoms with Crippen LogP contribution in [0.25, 0.3) is 0 Å². The molecule has 0 saturated carbocycles. The summed E-state index contributed by atoms with van der Waals surface area (Å²) < 4.78 is 0. The molecule has 18 heavy (non-hydrogen) atoms. The van der Waals surface area contributed by atoms with Gasteiger partial charge in [0.1, 0.15) is 0 Å². The maximum atomic E-state index is 10.9. The molecule has 0 aliphatic rings. The molecular formula is C12H11ClN2O2S. The SMILES string of the molecule is O=[N+]([O-])c1cc(Cl)ccc1CNCc1ccsc1. The van der Waals surface area contributed by atoms with Crippen LogP contribution in [0.1, 0.15) is 11.1 Å². The molecule has 2 rings (SSSR count). The highest BCUT2D eigenvalue weighted by Crippen LogP contribution is 2.23. The Morgan fingerprint density at radius 2 is 2.17 bits per heavy atom. The minimum Gasteiger partial charge on any atom is -0.308 e. The van der Waals surface area contributed by atoms with Gasteiger partial charge in [-0.05, 0) is 34.5 Å². The molecule has 1 aromatic carbocycles. The number of benzene rings is 1. The Kier molecular flexibility index (Phi) is 4.30. The zero-order valence-electron chi connectivity index (χ0n) is 9.43. The number of halogens is 1. The average Bonchev–Trinajstić information content (AvgIpc) is 2.84. The van der Waals surface area contributed by atoms with Gasteiger partial charge in [0.15, 0.2) is 0 Å². The summed E-state index contributed by atoms with van der Waals surface area (Å²) in [5.41, 5.74) is 1.87. The number of nitrogens with zero attached hydrogens (tertiary/aromatic N) is 1. The van der Waals surface area contributed by atoms with E-state index in [-0.39, 0.29) is 5.69 Å². The second-order valence-corrected chi connectivity index (χ2v) is 4.98. The summed E-state index contributed by atoms with van der Waals surface area (Å²) in [7, 11) is 0. The Hall–Kier alpha value is -1.43. The number of nitro groups is 1. The molecule has 0 saturated heterocycles. The molecule has 6 heteroatoms. The number of nitrogens with one attached hydrogen (secondary N) is 1. The molecule has 0 radical (unpaired) electrons. The van der Waals surface area contributed by atoms with Gasteiger partial charge in [-0.1, -0.05) is 11.6 Å². The highest BCUT2D eigenvalue weighted by Gasteiger charge is 2.13. The third kappa shape index (κ3) is 3.29. The summed E-state index contributed by atoms with van der Waals surface area (Å²) in [6, 6.07) is 6.74. The predicted octanol–water partition coefficient (Wildman–Crippen LogP) is 3.60. The van der Waals surface area contributed by atoms with Gasteiger partial charge in [0, 0.05) is 29.7 Å². The lowest BCUT2D eigenvalue weighted by Gasteiger charge is -2.05. The van der Waals surface area contributed by atoms with Gasteiger partial charge < -0.3 is 5.32 Å². The Bertz CT molecular complexity index is 543. The van der Waals surface area contributed by atoms with E-state index in [2.05, 4.69) is 5.32 Å². The second kappa shape index (κ2) is 5.95. The number of nitro benzene ring substituents is 1. The fourth-order valence-electron chi connectivity index (χ4n) is 1.59. The highest BCUT2D eigenvalue weighted by molar-refractivity contribution is 7.07. The largest absolute Gasteiger partial charge is 0.308 e. The fourth-order valence-corrected chi connectivity index (χ4v) is 2.43. The van der Waals surface area contributed by atoms with Crippen molar-refractivity contribution in [1.82, 2.24) is 5.32 Å². The van der Waals surface area contributed by atoms with Gasteiger partial charge in [-0.3, -0.25) is 10.1 Å². The third-order valence-electron chi connectivity index (χ3n) is 2.47. The van der Waals surface area contributed by atoms with Crippen LogP contribution in [0.5, 0.6) is 0 Å². The first-order valence-corrected chi connectivity index (χ1v) is 6.63. The van der Waals surface area contributed by atoms with Gasteiger partial charge in [0.2, 0.25) is 0 Å². The average molecular weight is 283 g/mol. The molecule has 94 valence electrons. The third-order valence-corrected chi connectivity index (χ3v) is 3.44. The second-order valence-electron chi connectivity index (χ2n) is 3.77. The number of rotatable bonds is 5. The highest BCUT2D eigenvalue weighted by atomic mass is 35.5. The van der Waals surface area contributed by atoms with E-state index in [4.69, 9.17) is 11.6 Å². The topological polar surface area (TPSA) is 55.2 Å². The van der Waals surface area contributed by atoms with Gasteiger partial charge in [-0.15, -0.1) is 0 Å². The molecule has 0 aliphatic carbocycles. The van der Waals surface area contributed by atoms with Crippen LogP contribution in [0.2, 0.25) is 5.02 Å². The predicted molar refractivity (Wildman–Crippen MR) is 73.0 cm³/mol. The van der Waals surface area contributed by atoms with Gasteiger partial charge in [-0.25, -0.2) is 0 Å². The molecule has 0 aliphatic heterocycles. The first-order valence-electron chi connectivity index (χ1n) is 5.31. The van der Waals surface area contributed by atoms with Crippen LogP contribution in [0.4, 0.5) is 5.69 Å². The van der Waals surface area contributed by atoms with E-state index in [0.29, 0.717) is 23.7 Å². The molecule has 4 nitrogen and oxygen atoms in total. The lowest BCUT2D eigenvalue weighted by Crippen LogP contribution is -2.13. The summed E-state index contributed by atoms with van der Waals surface area (Å²) in [6.45, 7) is 1.15. The van der Waals surface area contributed by atoms with E-state index in [1.54, 1.807) is 23.5 Å². The van der Waals surface area contributed by atoms with Crippen LogP contribution in [-0.2, 0) is 13.1 Å². The molecule has 2 aromatic rings. The summed E-state index contributed by atoms with van der Waals surface area (Å²) in [6.07, 6.45) is 0. The molecular weight excluding hydrogens is 272 g/mol. The maximum Gasteiger partial charge on any atom is 0.275 e. The van der Waals surface area contributed by atoms with Crippen molar-refractivity contribution in [2.45, 2.75) is 13.1 Å². The Labute approximate surface area is 113 Å². The molecule has 1 aromatic heterocycles. The number of thiophene rings is 1. The van der Waals surface area contributed by atoms with Crippen molar-refractivity contribution in [1.29, 1.82) is 0 Å². The van der Waals surface area contributed by atoms with Crippen molar-refractivity contribution < 1.29 is 4.92 Å². The minimum atomic E-state index is -0.409. The molecule has 0 atom stereocenters. The molecule has 0 spiro atoms. The van der Waals surface area contributed by atoms with Crippen molar-refractivity contribution in [3.63, 3.8) is 0 Å². The van der Waals surface area contributed by atoms with E-state index in [1.165, 1.54) is 11.6 Å².